The fraction of sp³-hybridized carbons (Fsp3) is 0.579. The van der Waals surface area contributed by atoms with Crippen molar-refractivity contribution >= 4 is 11.8 Å². The third-order valence-electron chi connectivity index (χ3n) is 4.57. The van der Waals surface area contributed by atoms with Crippen LogP contribution in [0.3, 0.4) is 0 Å². The first-order valence-corrected chi connectivity index (χ1v) is 8.87. The molecule has 5 heteroatoms. The lowest BCUT2D eigenvalue weighted by atomic mass is 10.1. The highest BCUT2D eigenvalue weighted by Crippen LogP contribution is 2.10. The van der Waals surface area contributed by atoms with Crippen LogP contribution in [0.5, 0.6) is 0 Å². The highest BCUT2D eigenvalue weighted by molar-refractivity contribution is 5.80. The largest absolute Gasteiger partial charge is 0.339 e. The number of carbonyl (C=O) groups is 2. The van der Waals surface area contributed by atoms with E-state index in [9.17, 15) is 9.59 Å². The van der Waals surface area contributed by atoms with Gasteiger partial charge in [-0.2, -0.15) is 0 Å². The molecule has 1 unspecified atom stereocenters. The highest BCUT2D eigenvalue weighted by atomic mass is 16.2. The van der Waals surface area contributed by atoms with Crippen LogP contribution in [-0.2, 0) is 16.0 Å². The second-order valence-corrected chi connectivity index (χ2v) is 6.50. The Bertz CT molecular complexity index is 525. The Hall–Kier alpha value is -1.88. The van der Waals surface area contributed by atoms with Gasteiger partial charge in [0.15, 0.2) is 0 Å². The van der Waals surface area contributed by atoms with Crippen molar-refractivity contribution in [3.63, 3.8) is 0 Å². The Morgan fingerprint density at radius 1 is 1.08 bits per heavy atom. The summed E-state index contributed by atoms with van der Waals surface area (Å²) >= 11 is 0. The molecule has 1 heterocycles. The summed E-state index contributed by atoms with van der Waals surface area (Å²) in [5, 5.41) is 3.04. The molecule has 1 aromatic carbocycles. The van der Waals surface area contributed by atoms with E-state index in [0.29, 0.717) is 39.1 Å². The van der Waals surface area contributed by atoms with E-state index < -0.39 is 0 Å². The maximum atomic E-state index is 12.3. The predicted octanol–water partition coefficient (Wildman–Crippen LogP) is 1.54. The van der Waals surface area contributed by atoms with Gasteiger partial charge in [-0.05, 0) is 25.5 Å². The van der Waals surface area contributed by atoms with E-state index in [-0.39, 0.29) is 17.7 Å². The molecule has 0 spiro atoms. The molecule has 24 heavy (non-hydrogen) atoms. The molecule has 1 aliphatic heterocycles. The molecular formula is C19H29N3O2. The van der Waals surface area contributed by atoms with Crippen LogP contribution in [0.4, 0.5) is 0 Å². The normalized spacial score (nSPS) is 16.1. The molecule has 0 radical (unpaired) electrons. The van der Waals surface area contributed by atoms with E-state index >= 15 is 0 Å². The van der Waals surface area contributed by atoms with Crippen molar-refractivity contribution in [2.45, 2.75) is 26.2 Å². The van der Waals surface area contributed by atoms with Gasteiger partial charge < -0.3 is 15.1 Å². The molecule has 2 amide bonds. The molecule has 2 rings (SSSR count). The summed E-state index contributed by atoms with van der Waals surface area (Å²) in [6.45, 7) is 5.25. The second-order valence-electron chi connectivity index (χ2n) is 6.50. The summed E-state index contributed by atoms with van der Waals surface area (Å²) in [5.74, 6) is 0.380. The SMILES string of the molecule is CNCC(C)C(=O)N1CCN(C(=O)CCCc2ccccc2)CC1. The summed E-state index contributed by atoms with van der Waals surface area (Å²) < 4.78 is 0. The average Bonchev–Trinajstić information content (AvgIpc) is 2.62. The number of hydrogen-bond acceptors (Lipinski definition) is 3. The van der Waals surface area contributed by atoms with Crippen LogP contribution in [-0.4, -0.2) is 61.4 Å². The molecule has 0 aliphatic carbocycles. The van der Waals surface area contributed by atoms with Gasteiger partial charge in [0.1, 0.15) is 0 Å². The van der Waals surface area contributed by atoms with Gasteiger partial charge in [-0.3, -0.25) is 9.59 Å². The van der Waals surface area contributed by atoms with Crippen molar-refractivity contribution in [2.75, 3.05) is 39.8 Å². The predicted molar refractivity (Wildman–Crippen MR) is 95.6 cm³/mol. The zero-order valence-electron chi connectivity index (χ0n) is 14.8. The Morgan fingerprint density at radius 3 is 2.33 bits per heavy atom. The third-order valence-corrected chi connectivity index (χ3v) is 4.57. The average molecular weight is 331 g/mol. The molecule has 1 aliphatic rings. The lowest BCUT2D eigenvalue weighted by Crippen LogP contribution is -2.52. The minimum atomic E-state index is -0.0110. The zero-order chi connectivity index (χ0) is 17.4. The maximum absolute atomic E-state index is 12.3. The number of rotatable bonds is 7. The standard InChI is InChI=1S/C19H29N3O2/c1-16(15-20-2)19(24)22-13-11-21(12-14-22)18(23)10-6-9-17-7-4-3-5-8-17/h3-5,7-8,16,20H,6,9-15H2,1-2H3. The Morgan fingerprint density at radius 2 is 1.71 bits per heavy atom. The first-order valence-electron chi connectivity index (χ1n) is 8.87. The lowest BCUT2D eigenvalue weighted by Gasteiger charge is -2.36. The zero-order valence-corrected chi connectivity index (χ0v) is 14.8. The van der Waals surface area contributed by atoms with Gasteiger partial charge >= 0.3 is 0 Å². The number of benzene rings is 1. The van der Waals surface area contributed by atoms with E-state index in [1.54, 1.807) is 0 Å². The van der Waals surface area contributed by atoms with Crippen LogP contribution in [0.15, 0.2) is 30.3 Å². The maximum Gasteiger partial charge on any atom is 0.226 e. The molecule has 5 nitrogen and oxygen atoms in total. The number of nitrogens with zero attached hydrogens (tertiary/aromatic N) is 2. The van der Waals surface area contributed by atoms with Crippen molar-refractivity contribution < 1.29 is 9.59 Å². The minimum absolute atomic E-state index is 0.0110. The topological polar surface area (TPSA) is 52.7 Å². The van der Waals surface area contributed by atoms with Crippen molar-refractivity contribution in [2.24, 2.45) is 5.92 Å². The van der Waals surface area contributed by atoms with E-state index in [2.05, 4.69) is 17.4 Å². The fourth-order valence-corrected chi connectivity index (χ4v) is 3.13. The second kappa shape index (κ2) is 9.42. The number of nitrogens with one attached hydrogen (secondary N) is 1. The summed E-state index contributed by atoms with van der Waals surface area (Å²) in [6.07, 6.45) is 2.40. The first kappa shape index (κ1) is 18.5. The van der Waals surface area contributed by atoms with E-state index in [1.165, 1.54) is 5.56 Å². The molecule has 1 aromatic rings. The molecule has 132 valence electrons. The summed E-state index contributed by atoms with van der Waals surface area (Å²) in [4.78, 5) is 28.4. The monoisotopic (exact) mass is 331 g/mol. The molecule has 1 N–H and O–H groups in total. The molecule has 0 saturated carbocycles. The van der Waals surface area contributed by atoms with Crippen LogP contribution >= 0.6 is 0 Å². The Kier molecular flexibility index (Phi) is 7.25. The smallest absolute Gasteiger partial charge is 0.226 e. The number of hydrogen-bond donors (Lipinski definition) is 1. The van der Waals surface area contributed by atoms with E-state index in [4.69, 9.17) is 0 Å². The van der Waals surface area contributed by atoms with Crippen LogP contribution in [0.2, 0.25) is 0 Å². The molecule has 1 atom stereocenters. The van der Waals surface area contributed by atoms with Crippen molar-refractivity contribution in [3.05, 3.63) is 35.9 Å². The van der Waals surface area contributed by atoms with Gasteiger partial charge in [-0.1, -0.05) is 37.3 Å². The van der Waals surface area contributed by atoms with Crippen molar-refractivity contribution in [1.82, 2.24) is 15.1 Å². The number of amides is 2. The van der Waals surface area contributed by atoms with Gasteiger partial charge in [0.2, 0.25) is 11.8 Å². The van der Waals surface area contributed by atoms with Gasteiger partial charge in [0.25, 0.3) is 0 Å². The highest BCUT2D eigenvalue weighted by Gasteiger charge is 2.26. The van der Waals surface area contributed by atoms with Gasteiger partial charge in [0.05, 0.1) is 0 Å². The quantitative estimate of drug-likeness (QED) is 0.824. The van der Waals surface area contributed by atoms with Gasteiger partial charge in [0, 0.05) is 45.1 Å². The molecule has 0 aromatic heterocycles. The third kappa shape index (κ3) is 5.34. The Balaban J connectivity index is 1.69. The number of carbonyl (C=O) groups excluding carboxylic acids is 2. The molecule has 0 bridgehead atoms. The van der Waals surface area contributed by atoms with Crippen LogP contribution in [0.1, 0.15) is 25.3 Å². The summed E-state index contributed by atoms with van der Waals surface area (Å²) in [7, 11) is 1.86. The van der Waals surface area contributed by atoms with Crippen molar-refractivity contribution in [3.8, 4) is 0 Å². The van der Waals surface area contributed by atoms with Gasteiger partial charge in [-0.15, -0.1) is 0 Å². The molecule has 1 saturated heterocycles. The Labute approximate surface area is 145 Å². The fourth-order valence-electron chi connectivity index (χ4n) is 3.13. The first-order chi connectivity index (χ1) is 11.6. The lowest BCUT2D eigenvalue weighted by molar-refractivity contribution is -0.141. The van der Waals surface area contributed by atoms with Gasteiger partial charge in [-0.25, -0.2) is 0 Å². The van der Waals surface area contributed by atoms with Crippen molar-refractivity contribution in [1.29, 1.82) is 0 Å². The summed E-state index contributed by atoms with van der Waals surface area (Å²) in [6, 6.07) is 10.3. The van der Waals surface area contributed by atoms with Crippen LogP contribution in [0.25, 0.3) is 0 Å². The van der Waals surface area contributed by atoms with E-state index in [0.717, 1.165) is 12.8 Å². The molecular weight excluding hydrogens is 302 g/mol. The minimum Gasteiger partial charge on any atom is -0.339 e. The van der Waals surface area contributed by atoms with Crippen LogP contribution < -0.4 is 5.32 Å². The summed E-state index contributed by atoms with van der Waals surface area (Å²) in [5.41, 5.74) is 1.28. The molecule has 1 fully saturated rings. The number of piperazine rings is 1. The number of aryl methyl sites for hydroxylation is 1. The van der Waals surface area contributed by atoms with Crippen LogP contribution in [0, 0.1) is 5.92 Å². The van der Waals surface area contributed by atoms with E-state index in [1.807, 2.05) is 42.0 Å².